The molecule has 2 N–H and O–H groups in total. The van der Waals surface area contributed by atoms with Crippen molar-refractivity contribution >= 4 is 39.8 Å². The molecule has 1 fully saturated rings. The lowest BCUT2D eigenvalue weighted by atomic mass is 10.0. The monoisotopic (exact) mass is 614 g/mol. The molecule has 0 aromatic heterocycles. The van der Waals surface area contributed by atoms with Gasteiger partial charge in [-0.25, -0.2) is 13.2 Å². The molecule has 8 nitrogen and oxygen atoms in total. The number of unbranched alkanes of at least 4 members (excludes halogenated alkanes) is 1. The SMILES string of the molecule is CCCCN(C(=O)Nc1cc(C)ccc1C)C1CCN(Cc2ccc(Oc3ccc(NS(C)(=O)=O)cc3)cc2)CC1.Cl. The molecule has 228 valence electrons. The van der Waals surface area contributed by atoms with Crippen molar-refractivity contribution in [2.75, 3.05) is 35.9 Å². The number of aryl methyl sites for hydroxylation is 2. The molecule has 10 heteroatoms. The summed E-state index contributed by atoms with van der Waals surface area (Å²) < 4.78 is 31.1. The highest BCUT2D eigenvalue weighted by Gasteiger charge is 2.28. The molecule has 0 atom stereocenters. The molecule has 0 unspecified atom stereocenters. The zero-order valence-electron chi connectivity index (χ0n) is 24.9. The molecule has 0 saturated carbocycles. The fourth-order valence-electron chi connectivity index (χ4n) is 5.09. The highest BCUT2D eigenvalue weighted by atomic mass is 35.5. The van der Waals surface area contributed by atoms with Gasteiger partial charge in [0.15, 0.2) is 0 Å². The van der Waals surface area contributed by atoms with E-state index in [9.17, 15) is 13.2 Å². The minimum absolute atomic E-state index is 0. The summed E-state index contributed by atoms with van der Waals surface area (Å²) in [5.41, 5.74) is 4.80. The summed E-state index contributed by atoms with van der Waals surface area (Å²) in [5, 5.41) is 3.18. The van der Waals surface area contributed by atoms with Gasteiger partial charge < -0.3 is 15.0 Å². The first-order valence-electron chi connectivity index (χ1n) is 14.3. The van der Waals surface area contributed by atoms with Gasteiger partial charge in [-0.15, -0.1) is 12.4 Å². The van der Waals surface area contributed by atoms with Gasteiger partial charge in [0.1, 0.15) is 11.5 Å². The van der Waals surface area contributed by atoms with E-state index in [1.165, 1.54) is 5.56 Å². The fraction of sp³-hybridized carbons (Fsp3) is 0.406. The number of rotatable bonds is 11. The van der Waals surface area contributed by atoms with Crippen LogP contribution in [0.3, 0.4) is 0 Å². The first-order valence-corrected chi connectivity index (χ1v) is 16.2. The smallest absolute Gasteiger partial charge is 0.322 e. The average molecular weight is 615 g/mol. The molecule has 1 aliphatic rings. The van der Waals surface area contributed by atoms with Crippen LogP contribution in [0.15, 0.2) is 66.7 Å². The van der Waals surface area contributed by atoms with Gasteiger partial charge in [-0.2, -0.15) is 0 Å². The van der Waals surface area contributed by atoms with Crippen LogP contribution >= 0.6 is 12.4 Å². The Balaban J connectivity index is 0.00000484. The van der Waals surface area contributed by atoms with Crippen LogP contribution in [0.5, 0.6) is 11.5 Å². The molecule has 42 heavy (non-hydrogen) atoms. The summed E-state index contributed by atoms with van der Waals surface area (Å²) in [4.78, 5) is 17.8. The summed E-state index contributed by atoms with van der Waals surface area (Å²) in [6.45, 7) is 9.74. The van der Waals surface area contributed by atoms with Crippen LogP contribution in [0.4, 0.5) is 16.2 Å². The molecule has 1 heterocycles. The van der Waals surface area contributed by atoms with Gasteiger partial charge in [-0.3, -0.25) is 9.62 Å². The average Bonchev–Trinajstić information content (AvgIpc) is 2.93. The minimum atomic E-state index is -3.31. The van der Waals surface area contributed by atoms with Crippen molar-refractivity contribution < 1.29 is 17.9 Å². The molecule has 0 bridgehead atoms. The Morgan fingerprint density at radius 1 is 0.976 bits per heavy atom. The number of hydrogen-bond donors (Lipinski definition) is 2. The first kappa shape index (κ1) is 33.2. The van der Waals surface area contributed by atoms with Crippen LogP contribution in [0.1, 0.15) is 49.3 Å². The van der Waals surface area contributed by atoms with E-state index in [0.29, 0.717) is 11.4 Å². The van der Waals surface area contributed by atoms with Crippen LogP contribution in [0.25, 0.3) is 0 Å². The molecule has 0 spiro atoms. The second-order valence-corrected chi connectivity index (χ2v) is 12.7. The van der Waals surface area contributed by atoms with Crippen molar-refractivity contribution in [3.63, 3.8) is 0 Å². The van der Waals surface area contributed by atoms with Crippen molar-refractivity contribution in [1.82, 2.24) is 9.80 Å². The van der Waals surface area contributed by atoms with Gasteiger partial charge in [0, 0.05) is 43.6 Å². The fourth-order valence-corrected chi connectivity index (χ4v) is 5.65. The Labute approximate surface area is 256 Å². The summed E-state index contributed by atoms with van der Waals surface area (Å²) >= 11 is 0. The van der Waals surface area contributed by atoms with E-state index in [0.717, 1.165) is 80.7 Å². The number of urea groups is 1. The van der Waals surface area contributed by atoms with Crippen LogP contribution in [-0.2, 0) is 16.6 Å². The van der Waals surface area contributed by atoms with E-state index in [1.54, 1.807) is 24.3 Å². The Hall–Kier alpha value is -3.27. The Morgan fingerprint density at radius 2 is 1.60 bits per heavy atom. The number of hydrogen-bond acceptors (Lipinski definition) is 5. The van der Waals surface area contributed by atoms with E-state index < -0.39 is 10.0 Å². The molecule has 0 aliphatic carbocycles. The first-order chi connectivity index (χ1) is 19.6. The molecule has 3 aromatic rings. The topological polar surface area (TPSA) is 91.0 Å². The van der Waals surface area contributed by atoms with Gasteiger partial charge >= 0.3 is 6.03 Å². The second kappa shape index (κ2) is 15.3. The summed E-state index contributed by atoms with van der Waals surface area (Å²) in [6.07, 6.45) is 5.08. The largest absolute Gasteiger partial charge is 0.457 e. The van der Waals surface area contributed by atoms with Gasteiger partial charge in [0.2, 0.25) is 10.0 Å². The number of amides is 2. The van der Waals surface area contributed by atoms with Crippen molar-refractivity contribution in [3.8, 4) is 11.5 Å². The lowest BCUT2D eigenvalue weighted by Crippen LogP contribution is -2.49. The number of ether oxygens (including phenoxy) is 1. The van der Waals surface area contributed by atoms with Crippen LogP contribution in [-0.4, -0.2) is 56.2 Å². The number of carbonyl (C=O) groups is 1. The van der Waals surface area contributed by atoms with Crippen LogP contribution < -0.4 is 14.8 Å². The van der Waals surface area contributed by atoms with Crippen LogP contribution in [0, 0.1) is 13.8 Å². The van der Waals surface area contributed by atoms with Gasteiger partial charge in [0.25, 0.3) is 0 Å². The number of anilines is 2. The number of nitrogens with zero attached hydrogens (tertiary/aromatic N) is 2. The molecule has 1 aliphatic heterocycles. The molecule has 4 rings (SSSR count). The molecule has 0 radical (unpaired) electrons. The van der Waals surface area contributed by atoms with Gasteiger partial charge in [-0.1, -0.05) is 37.6 Å². The third-order valence-electron chi connectivity index (χ3n) is 7.37. The summed E-state index contributed by atoms with van der Waals surface area (Å²) in [7, 11) is -3.31. The Kier molecular flexibility index (Phi) is 12.1. The second-order valence-electron chi connectivity index (χ2n) is 10.9. The van der Waals surface area contributed by atoms with Crippen molar-refractivity contribution in [2.45, 2.75) is 59.0 Å². The van der Waals surface area contributed by atoms with E-state index >= 15 is 0 Å². The number of carbonyl (C=O) groups excluding carboxylic acids is 1. The number of piperidine rings is 1. The maximum Gasteiger partial charge on any atom is 0.322 e. The third kappa shape index (κ3) is 9.93. The van der Waals surface area contributed by atoms with E-state index in [4.69, 9.17) is 4.74 Å². The zero-order valence-corrected chi connectivity index (χ0v) is 26.6. The highest BCUT2D eigenvalue weighted by molar-refractivity contribution is 7.92. The Bertz CT molecular complexity index is 1410. The van der Waals surface area contributed by atoms with E-state index in [1.807, 2.05) is 32.0 Å². The minimum Gasteiger partial charge on any atom is -0.457 e. The lowest BCUT2D eigenvalue weighted by molar-refractivity contribution is 0.122. The number of likely N-dealkylation sites (tertiary alicyclic amines) is 1. The normalized spacial score (nSPS) is 14.1. The predicted octanol–water partition coefficient (Wildman–Crippen LogP) is 7.19. The van der Waals surface area contributed by atoms with Crippen molar-refractivity contribution in [3.05, 3.63) is 83.4 Å². The number of benzene rings is 3. The van der Waals surface area contributed by atoms with Gasteiger partial charge in [0.05, 0.1) is 6.26 Å². The zero-order chi connectivity index (χ0) is 29.4. The van der Waals surface area contributed by atoms with Crippen molar-refractivity contribution in [1.29, 1.82) is 0 Å². The molecular weight excluding hydrogens is 572 g/mol. The van der Waals surface area contributed by atoms with E-state index in [-0.39, 0.29) is 24.5 Å². The highest BCUT2D eigenvalue weighted by Crippen LogP contribution is 2.26. The predicted molar refractivity (Wildman–Crippen MR) is 174 cm³/mol. The molecule has 2 amide bonds. The Morgan fingerprint density at radius 3 is 2.19 bits per heavy atom. The maximum absolute atomic E-state index is 13.4. The maximum atomic E-state index is 13.4. The third-order valence-corrected chi connectivity index (χ3v) is 7.98. The number of sulfonamides is 1. The number of halogens is 1. The van der Waals surface area contributed by atoms with E-state index in [2.05, 4.69) is 51.0 Å². The quantitative estimate of drug-likeness (QED) is 0.239. The number of nitrogens with one attached hydrogen (secondary N) is 2. The van der Waals surface area contributed by atoms with Crippen molar-refractivity contribution in [2.24, 2.45) is 0 Å². The standard InChI is InChI=1S/C32H42N4O4S.ClH/c1-5-6-19-36(32(37)33-31-22-24(2)7-8-25(31)3)28-17-20-35(21-18-28)23-26-9-13-29(14-10-26)40-30-15-11-27(12-16-30)34-41(4,38)39;/h7-16,22,28,34H,5-6,17-21,23H2,1-4H3,(H,33,37);1H. The molecular formula is C32H43ClN4O4S. The van der Waals surface area contributed by atoms with Gasteiger partial charge in [-0.05, 0) is 92.3 Å². The summed E-state index contributed by atoms with van der Waals surface area (Å²) in [5.74, 6) is 1.35. The summed E-state index contributed by atoms with van der Waals surface area (Å²) in [6, 6.07) is 21.3. The molecule has 1 saturated heterocycles. The lowest BCUT2D eigenvalue weighted by Gasteiger charge is -2.38. The van der Waals surface area contributed by atoms with Crippen LogP contribution in [0.2, 0.25) is 0 Å². The molecule has 3 aromatic carbocycles.